The topological polar surface area (TPSA) is 73.4 Å². The number of anilines is 2. The van der Waals surface area contributed by atoms with E-state index in [9.17, 15) is 9.59 Å². The number of benzene rings is 2. The first-order chi connectivity index (χ1) is 15.9. The van der Waals surface area contributed by atoms with Crippen LogP contribution in [0.2, 0.25) is 10.0 Å². The van der Waals surface area contributed by atoms with E-state index in [2.05, 4.69) is 27.4 Å². The minimum absolute atomic E-state index is 0.0658. The smallest absolute Gasteiger partial charge is 0.266 e. The van der Waals surface area contributed by atoms with Crippen LogP contribution in [0, 0.1) is 0 Å². The number of amides is 1. The third-order valence-corrected chi connectivity index (χ3v) is 6.93. The quantitative estimate of drug-likeness (QED) is 0.587. The van der Waals surface area contributed by atoms with Gasteiger partial charge in [0, 0.05) is 43.6 Å². The van der Waals surface area contributed by atoms with E-state index in [0.717, 1.165) is 24.3 Å². The highest BCUT2D eigenvalue weighted by atomic mass is 35.5. The number of aromatic amines is 1. The van der Waals surface area contributed by atoms with Crippen molar-refractivity contribution >= 4 is 40.6 Å². The number of hydrogen-bond donors (Lipinski definition) is 2. The van der Waals surface area contributed by atoms with Crippen molar-refractivity contribution in [3.05, 3.63) is 91.8 Å². The van der Waals surface area contributed by atoms with Gasteiger partial charge in [-0.1, -0.05) is 47.5 Å². The Balaban J connectivity index is 1.47. The molecule has 2 aromatic carbocycles. The number of hydrogen-bond acceptors (Lipinski definition) is 4. The van der Waals surface area contributed by atoms with E-state index in [1.54, 1.807) is 16.8 Å². The molecular formula is C24H23Cl2N5O2. The first-order valence-electron chi connectivity index (χ1n) is 10.8. The number of fused-ring (bicyclic) bond motifs is 1. The second-order valence-electron chi connectivity index (χ2n) is 8.23. The average Bonchev–Trinajstić information content (AvgIpc) is 3.19. The number of carbonyl (C=O) groups is 1. The van der Waals surface area contributed by atoms with Gasteiger partial charge in [-0.15, -0.1) is 0 Å². The summed E-state index contributed by atoms with van der Waals surface area (Å²) >= 11 is 12.4. The number of H-pyrrole nitrogens is 1. The molecular weight excluding hydrogens is 461 g/mol. The van der Waals surface area contributed by atoms with E-state index in [1.807, 2.05) is 36.1 Å². The number of rotatable bonds is 3. The molecule has 0 saturated carbocycles. The van der Waals surface area contributed by atoms with Crippen molar-refractivity contribution in [2.75, 3.05) is 36.4 Å². The van der Waals surface area contributed by atoms with Crippen molar-refractivity contribution in [3.63, 3.8) is 0 Å². The molecule has 1 aromatic heterocycles. The summed E-state index contributed by atoms with van der Waals surface area (Å²) < 4.78 is 1.68. The highest BCUT2D eigenvalue weighted by Gasteiger charge is 2.36. The van der Waals surface area contributed by atoms with Crippen LogP contribution in [-0.4, -0.2) is 46.8 Å². The fourth-order valence-electron chi connectivity index (χ4n) is 4.55. The molecule has 2 aliphatic heterocycles. The summed E-state index contributed by atoms with van der Waals surface area (Å²) in [6.07, 6.45) is 0. The number of allylic oxidation sites excluding steroid dienone is 1. The van der Waals surface area contributed by atoms with Crippen molar-refractivity contribution in [2.24, 2.45) is 0 Å². The Morgan fingerprint density at radius 2 is 1.70 bits per heavy atom. The molecule has 0 spiro atoms. The number of aromatic nitrogens is 2. The van der Waals surface area contributed by atoms with E-state index in [1.165, 1.54) is 6.07 Å². The summed E-state index contributed by atoms with van der Waals surface area (Å²) in [6, 6.07) is 16.4. The first-order valence-corrected chi connectivity index (χ1v) is 11.5. The third kappa shape index (κ3) is 4.03. The number of carbonyl (C=O) groups excluding carboxylic acids is 1. The van der Waals surface area contributed by atoms with Gasteiger partial charge < -0.3 is 15.1 Å². The lowest BCUT2D eigenvalue weighted by Crippen LogP contribution is -2.50. The molecule has 7 nitrogen and oxygen atoms in total. The molecule has 2 N–H and O–H groups in total. The van der Waals surface area contributed by atoms with E-state index in [-0.39, 0.29) is 11.5 Å². The van der Waals surface area contributed by atoms with Gasteiger partial charge in [-0.3, -0.25) is 19.4 Å². The van der Waals surface area contributed by atoms with Gasteiger partial charge in [0.15, 0.2) is 0 Å². The van der Waals surface area contributed by atoms with Gasteiger partial charge in [-0.25, -0.2) is 0 Å². The third-order valence-electron chi connectivity index (χ3n) is 6.19. The van der Waals surface area contributed by atoms with Crippen LogP contribution >= 0.6 is 23.2 Å². The predicted molar refractivity (Wildman–Crippen MR) is 131 cm³/mol. The Bertz CT molecular complexity index is 1290. The van der Waals surface area contributed by atoms with Crippen LogP contribution in [0.15, 0.2) is 70.7 Å². The summed E-state index contributed by atoms with van der Waals surface area (Å²) in [4.78, 5) is 30.1. The summed E-state index contributed by atoms with van der Waals surface area (Å²) in [6.45, 7) is 4.57. The Hall–Kier alpha value is -3.16. The SMILES string of the molecule is CC1=C(C(=O)N2CCN(c3ccccc3)CC2)C(c2ccc(Cl)c(Cl)c2)n2[nH]c(=O)cc2N1. The molecule has 3 heterocycles. The van der Waals surface area contributed by atoms with E-state index >= 15 is 0 Å². The van der Waals surface area contributed by atoms with E-state index < -0.39 is 6.04 Å². The van der Waals surface area contributed by atoms with Crippen molar-refractivity contribution in [1.29, 1.82) is 0 Å². The second kappa shape index (κ2) is 8.65. The molecule has 1 saturated heterocycles. The van der Waals surface area contributed by atoms with E-state index in [4.69, 9.17) is 23.2 Å². The highest BCUT2D eigenvalue weighted by Crippen LogP contribution is 2.38. The van der Waals surface area contributed by atoms with Crippen LogP contribution in [0.25, 0.3) is 0 Å². The number of nitrogens with zero attached hydrogens (tertiary/aromatic N) is 3. The molecule has 9 heteroatoms. The molecule has 1 unspecified atom stereocenters. The van der Waals surface area contributed by atoms with Crippen molar-refractivity contribution in [1.82, 2.24) is 14.7 Å². The number of nitrogens with one attached hydrogen (secondary N) is 2. The lowest BCUT2D eigenvalue weighted by atomic mass is 9.94. The first kappa shape index (κ1) is 21.7. The number of para-hydroxylation sites is 1. The van der Waals surface area contributed by atoms with Gasteiger partial charge in [0.2, 0.25) is 0 Å². The minimum Gasteiger partial charge on any atom is -0.368 e. The maximum atomic E-state index is 13.8. The molecule has 3 aromatic rings. The fourth-order valence-corrected chi connectivity index (χ4v) is 4.86. The Morgan fingerprint density at radius 1 is 0.970 bits per heavy atom. The summed E-state index contributed by atoms with van der Waals surface area (Å²) in [5, 5.41) is 6.86. The van der Waals surface area contributed by atoms with Crippen LogP contribution < -0.4 is 15.8 Å². The minimum atomic E-state index is -0.529. The molecule has 33 heavy (non-hydrogen) atoms. The van der Waals surface area contributed by atoms with Crippen LogP contribution in [0.3, 0.4) is 0 Å². The van der Waals surface area contributed by atoms with Gasteiger partial charge in [0.1, 0.15) is 11.9 Å². The molecule has 1 amide bonds. The Morgan fingerprint density at radius 3 is 2.39 bits per heavy atom. The van der Waals surface area contributed by atoms with Crippen molar-refractivity contribution < 1.29 is 4.79 Å². The van der Waals surface area contributed by atoms with E-state index in [0.29, 0.717) is 40.2 Å². The van der Waals surface area contributed by atoms with Crippen LogP contribution in [0.5, 0.6) is 0 Å². The molecule has 170 valence electrons. The molecule has 0 aliphatic carbocycles. The van der Waals surface area contributed by atoms with Crippen LogP contribution in [0.1, 0.15) is 18.5 Å². The lowest BCUT2D eigenvalue weighted by molar-refractivity contribution is -0.128. The maximum absolute atomic E-state index is 13.8. The molecule has 2 aliphatic rings. The summed E-state index contributed by atoms with van der Waals surface area (Å²) in [5.41, 5.74) is 2.95. The largest absolute Gasteiger partial charge is 0.368 e. The van der Waals surface area contributed by atoms with Gasteiger partial charge in [0.25, 0.3) is 11.5 Å². The highest BCUT2D eigenvalue weighted by molar-refractivity contribution is 6.42. The normalized spacial score (nSPS) is 18.2. The monoisotopic (exact) mass is 483 g/mol. The zero-order chi connectivity index (χ0) is 23.1. The van der Waals surface area contributed by atoms with Crippen molar-refractivity contribution in [2.45, 2.75) is 13.0 Å². The Kier molecular flexibility index (Phi) is 5.68. The number of halogens is 2. The van der Waals surface area contributed by atoms with Gasteiger partial charge in [0.05, 0.1) is 15.6 Å². The Labute approximate surface area is 201 Å². The van der Waals surface area contributed by atoms with Gasteiger partial charge >= 0.3 is 0 Å². The van der Waals surface area contributed by atoms with Gasteiger partial charge in [-0.05, 0) is 36.8 Å². The van der Waals surface area contributed by atoms with Gasteiger partial charge in [-0.2, -0.15) is 0 Å². The maximum Gasteiger partial charge on any atom is 0.266 e. The van der Waals surface area contributed by atoms with Crippen LogP contribution in [0.4, 0.5) is 11.5 Å². The standard InChI is InChI=1S/C24H23Cl2N5O2/c1-15-22(24(33)30-11-9-29(10-12-30)17-5-3-2-4-6-17)23(16-7-8-18(25)19(26)13-16)31-20(27-15)14-21(32)28-31/h2-8,13-14,23,27H,9-12H2,1H3,(H,28,32). The molecule has 1 fully saturated rings. The second-order valence-corrected chi connectivity index (χ2v) is 9.04. The average molecular weight is 484 g/mol. The molecule has 1 atom stereocenters. The fraction of sp³-hybridized carbons (Fsp3) is 0.250. The molecule has 0 bridgehead atoms. The van der Waals surface area contributed by atoms with Crippen LogP contribution in [-0.2, 0) is 4.79 Å². The predicted octanol–water partition coefficient (Wildman–Crippen LogP) is 4.12. The zero-order valence-corrected chi connectivity index (χ0v) is 19.5. The summed E-state index contributed by atoms with van der Waals surface area (Å²) in [7, 11) is 0. The molecule has 5 rings (SSSR count). The lowest BCUT2D eigenvalue weighted by Gasteiger charge is -2.38. The molecule has 0 radical (unpaired) electrons. The number of piperazine rings is 1. The summed E-state index contributed by atoms with van der Waals surface area (Å²) in [5.74, 6) is 0.531. The zero-order valence-electron chi connectivity index (χ0n) is 18.0. The van der Waals surface area contributed by atoms with Crippen molar-refractivity contribution in [3.8, 4) is 0 Å².